The number of ether oxygens (including phenoxy) is 1. The van der Waals surface area contributed by atoms with Crippen LogP contribution < -0.4 is 10.6 Å². The molecule has 0 fully saturated rings. The van der Waals surface area contributed by atoms with E-state index in [1.165, 1.54) is 6.20 Å². The summed E-state index contributed by atoms with van der Waals surface area (Å²) in [4.78, 5) is 25.5. The highest BCUT2D eigenvalue weighted by molar-refractivity contribution is 5.85. The van der Waals surface area contributed by atoms with Gasteiger partial charge in [-0.25, -0.2) is 0 Å². The molecular weight excluding hydrogens is 314 g/mol. The van der Waals surface area contributed by atoms with E-state index in [9.17, 15) is 14.9 Å². The first-order valence-corrected chi connectivity index (χ1v) is 6.69. The standard InChI is InChI=1S/C12H21N5O4.ClH/c1-10-15-11(17(19)20)9-16(10)7-3-12(18)14-5-4-13-6-8-21-2;/h9,13H,3-8H2,1-2H3,(H,14,18);1H. The molecule has 126 valence electrons. The number of aromatic nitrogens is 2. The van der Waals surface area contributed by atoms with Gasteiger partial charge in [0.2, 0.25) is 11.7 Å². The van der Waals surface area contributed by atoms with Crippen LogP contribution in [0.15, 0.2) is 6.20 Å². The fraction of sp³-hybridized carbons (Fsp3) is 0.667. The number of rotatable bonds is 10. The van der Waals surface area contributed by atoms with Crippen molar-refractivity contribution in [2.24, 2.45) is 0 Å². The lowest BCUT2D eigenvalue weighted by Crippen LogP contribution is -2.33. The minimum absolute atomic E-state index is 0. The third kappa shape index (κ3) is 7.34. The highest BCUT2D eigenvalue weighted by atomic mass is 35.5. The molecule has 0 aliphatic heterocycles. The monoisotopic (exact) mass is 335 g/mol. The van der Waals surface area contributed by atoms with Gasteiger partial charge in [-0.2, -0.15) is 0 Å². The van der Waals surface area contributed by atoms with E-state index in [2.05, 4.69) is 15.6 Å². The van der Waals surface area contributed by atoms with Crippen molar-refractivity contribution in [1.29, 1.82) is 0 Å². The Morgan fingerprint density at radius 2 is 2.18 bits per heavy atom. The molecule has 0 aliphatic carbocycles. The molecule has 0 saturated carbocycles. The van der Waals surface area contributed by atoms with Crippen molar-refractivity contribution in [2.75, 3.05) is 33.4 Å². The number of nitro groups is 1. The number of hydrogen-bond acceptors (Lipinski definition) is 6. The topological polar surface area (TPSA) is 111 Å². The normalized spacial score (nSPS) is 10.1. The molecule has 9 nitrogen and oxygen atoms in total. The molecule has 1 aromatic rings. The quantitative estimate of drug-likeness (QED) is 0.360. The molecule has 0 aliphatic rings. The number of methoxy groups -OCH3 is 1. The summed E-state index contributed by atoms with van der Waals surface area (Å²) in [6, 6.07) is 0. The molecule has 22 heavy (non-hydrogen) atoms. The minimum Gasteiger partial charge on any atom is -0.383 e. The van der Waals surface area contributed by atoms with Crippen LogP contribution in [0.5, 0.6) is 0 Å². The first-order chi connectivity index (χ1) is 10.0. The van der Waals surface area contributed by atoms with Crippen molar-refractivity contribution < 1.29 is 14.5 Å². The van der Waals surface area contributed by atoms with Gasteiger partial charge in [-0.05, 0) is 9.91 Å². The van der Waals surface area contributed by atoms with E-state index in [4.69, 9.17) is 4.74 Å². The van der Waals surface area contributed by atoms with Gasteiger partial charge in [0.25, 0.3) is 0 Å². The number of nitrogens with one attached hydrogen (secondary N) is 2. The predicted molar refractivity (Wildman–Crippen MR) is 83.2 cm³/mol. The molecule has 2 N–H and O–H groups in total. The Balaban J connectivity index is 0.00000441. The van der Waals surface area contributed by atoms with Gasteiger partial charge in [-0.3, -0.25) is 4.79 Å². The van der Waals surface area contributed by atoms with Crippen LogP contribution in [0.2, 0.25) is 0 Å². The summed E-state index contributed by atoms with van der Waals surface area (Å²) in [5.74, 6) is 0.227. The van der Waals surface area contributed by atoms with Gasteiger partial charge in [0, 0.05) is 46.6 Å². The largest absolute Gasteiger partial charge is 0.383 e. The summed E-state index contributed by atoms with van der Waals surface area (Å²) in [5, 5.41) is 16.5. The van der Waals surface area contributed by atoms with E-state index >= 15 is 0 Å². The van der Waals surface area contributed by atoms with Crippen LogP contribution in [-0.4, -0.2) is 53.7 Å². The molecule has 1 aromatic heterocycles. The SMILES string of the molecule is COCCNCCNC(=O)CCn1cc([N+](=O)[O-])nc1C.Cl. The Labute approximate surface area is 135 Å². The lowest BCUT2D eigenvalue weighted by atomic mass is 10.4. The van der Waals surface area contributed by atoms with Crippen LogP contribution in [-0.2, 0) is 16.1 Å². The maximum Gasteiger partial charge on any atom is 0.381 e. The maximum absolute atomic E-state index is 11.6. The zero-order valence-electron chi connectivity index (χ0n) is 12.7. The summed E-state index contributed by atoms with van der Waals surface area (Å²) in [5.41, 5.74) is 0. The van der Waals surface area contributed by atoms with E-state index in [0.29, 0.717) is 32.1 Å². The van der Waals surface area contributed by atoms with Crippen LogP contribution >= 0.6 is 12.4 Å². The maximum atomic E-state index is 11.6. The molecule has 1 amide bonds. The summed E-state index contributed by atoms with van der Waals surface area (Å²) < 4.78 is 6.49. The molecule has 0 atom stereocenters. The highest BCUT2D eigenvalue weighted by Gasteiger charge is 2.15. The van der Waals surface area contributed by atoms with Crippen molar-refractivity contribution in [3.8, 4) is 0 Å². The van der Waals surface area contributed by atoms with E-state index in [-0.39, 0.29) is 30.6 Å². The molecule has 0 bridgehead atoms. The first kappa shape index (κ1) is 20.3. The Kier molecular flexibility index (Phi) is 10.1. The molecule has 1 heterocycles. The summed E-state index contributed by atoms with van der Waals surface area (Å²) in [6.07, 6.45) is 1.60. The number of amides is 1. The first-order valence-electron chi connectivity index (χ1n) is 6.69. The summed E-state index contributed by atoms with van der Waals surface area (Å²) >= 11 is 0. The molecule has 0 aromatic carbocycles. The summed E-state index contributed by atoms with van der Waals surface area (Å²) in [7, 11) is 1.63. The zero-order chi connectivity index (χ0) is 15.7. The molecule has 0 saturated heterocycles. The lowest BCUT2D eigenvalue weighted by Gasteiger charge is -2.07. The van der Waals surface area contributed by atoms with Gasteiger partial charge in [0.15, 0.2) is 0 Å². The Morgan fingerprint density at radius 1 is 1.45 bits per heavy atom. The number of carbonyl (C=O) groups excluding carboxylic acids is 1. The average molecular weight is 336 g/mol. The fourth-order valence-corrected chi connectivity index (χ4v) is 1.71. The number of nitrogens with zero attached hydrogens (tertiary/aromatic N) is 3. The van der Waals surface area contributed by atoms with Crippen molar-refractivity contribution in [2.45, 2.75) is 19.9 Å². The molecule has 1 rings (SSSR count). The van der Waals surface area contributed by atoms with Crippen molar-refractivity contribution >= 4 is 24.1 Å². The minimum atomic E-state index is -0.546. The number of aryl methyl sites for hydroxylation is 2. The van der Waals surface area contributed by atoms with Crippen LogP contribution in [0.4, 0.5) is 5.82 Å². The molecule has 0 radical (unpaired) electrons. The molecule has 10 heteroatoms. The van der Waals surface area contributed by atoms with Gasteiger partial charge in [-0.1, -0.05) is 0 Å². The third-order valence-corrected chi connectivity index (χ3v) is 2.84. The van der Waals surface area contributed by atoms with Crippen molar-refractivity contribution in [3.05, 3.63) is 22.1 Å². The Bertz CT molecular complexity index is 480. The van der Waals surface area contributed by atoms with Gasteiger partial charge in [0.1, 0.15) is 6.20 Å². The Hall–Kier alpha value is -1.71. The average Bonchev–Trinajstić information content (AvgIpc) is 2.82. The second kappa shape index (κ2) is 10.9. The van der Waals surface area contributed by atoms with Gasteiger partial charge in [0.05, 0.1) is 6.61 Å². The highest BCUT2D eigenvalue weighted by Crippen LogP contribution is 2.10. The lowest BCUT2D eigenvalue weighted by molar-refractivity contribution is -0.389. The second-order valence-electron chi connectivity index (χ2n) is 4.44. The van der Waals surface area contributed by atoms with Crippen LogP contribution in [0.25, 0.3) is 0 Å². The van der Waals surface area contributed by atoms with Gasteiger partial charge in [-0.15, -0.1) is 12.4 Å². The second-order valence-corrected chi connectivity index (χ2v) is 4.44. The number of carbonyl (C=O) groups is 1. The van der Waals surface area contributed by atoms with E-state index in [1.54, 1.807) is 18.6 Å². The van der Waals surface area contributed by atoms with E-state index in [1.807, 2.05) is 0 Å². The molecule has 0 spiro atoms. The van der Waals surface area contributed by atoms with Crippen LogP contribution in [0.1, 0.15) is 12.2 Å². The van der Waals surface area contributed by atoms with Crippen LogP contribution in [0, 0.1) is 17.0 Å². The zero-order valence-corrected chi connectivity index (χ0v) is 13.5. The summed E-state index contributed by atoms with van der Waals surface area (Å²) in [6.45, 7) is 4.62. The van der Waals surface area contributed by atoms with Crippen LogP contribution in [0.3, 0.4) is 0 Å². The predicted octanol–water partition coefficient (Wildman–Crippen LogP) is 0.264. The number of hydrogen-bond donors (Lipinski definition) is 2. The number of imidazole rings is 1. The number of halogens is 1. The van der Waals surface area contributed by atoms with Crippen molar-refractivity contribution in [1.82, 2.24) is 20.2 Å². The van der Waals surface area contributed by atoms with Gasteiger partial charge < -0.3 is 30.1 Å². The van der Waals surface area contributed by atoms with Crippen molar-refractivity contribution in [3.63, 3.8) is 0 Å². The molecule has 0 unspecified atom stereocenters. The molecular formula is C12H22ClN5O4. The third-order valence-electron chi connectivity index (χ3n) is 2.84. The Morgan fingerprint density at radius 3 is 2.77 bits per heavy atom. The fourth-order valence-electron chi connectivity index (χ4n) is 1.71. The van der Waals surface area contributed by atoms with E-state index < -0.39 is 4.92 Å². The van der Waals surface area contributed by atoms with E-state index in [0.717, 1.165) is 6.54 Å². The smallest absolute Gasteiger partial charge is 0.381 e. The van der Waals surface area contributed by atoms with Gasteiger partial charge >= 0.3 is 5.82 Å².